The number of aliphatic imine (C=N–C) groups is 1. The summed E-state index contributed by atoms with van der Waals surface area (Å²) in [5.41, 5.74) is 6.28. The fourth-order valence-corrected chi connectivity index (χ4v) is 2.97. The van der Waals surface area contributed by atoms with Crippen molar-refractivity contribution in [2.45, 2.75) is 25.7 Å². The number of rotatable bonds is 3. The van der Waals surface area contributed by atoms with Gasteiger partial charge < -0.3 is 4.90 Å². The molecule has 0 aromatic heterocycles. The van der Waals surface area contributed by atoms with E-state index in [1.54, 1.807) is 0 Å². The van der Waals surface area contributed by atoms with Crippen LogP contribution in [0.1, 0.15) is 24.0 Å². The van der Waals surface area contributed by atoms with Gasteiger partial charge in [0.25, 0.3) is 0 Å². The Bertz CT molecular complexity index is 588. The number of benzene rings is 1. The summed E-state index contributed by atoms with van der Waals surface area (Å²) in [5, 5.41) is 22.7. The number of hydrogen-bond acceptors (Lipinski definition) is 5. The molecule has 1 aromatic rings. The molecule has 1 aliphatic heterocycles. The van der Waals surface area contributed by atoms with Gasteiger partial charge in [0.1, 0.15) is 11.4 Å². The van der Waals surface area contributed by atoms with Crippen LogP contribution in [-0.4, -0.2) is 48.5 Å². The first kappa shape index (κ1) is 15.1. The molecular formula is C15H23N5O2. The van der Waals surface area contributed by atoms with E-state index in [1.807, 2.05) is 31.1 Å². The molecule has 3 rings (SSSR count). The topological polar surface area (TPSA) is 74.6 Å². The van der Waals surface area contributed by atoms with E-state index in [-0.39, 0.29) is 5.96 Å². The maximum Gasteiger partial charge on any atom is 0.244 e. The van der Waals surface area contributed by atoms with Crippen LogP contribution in [0, 0.1) is 0 Å². The summed E-state index contributed by atoms with van der Waals surface area (Å²) in [6.07, 6.45) is 4.21. The third-order valence-electron chi connectivity index (χ3n) is 4.14. The lowest BCUT2D eigenvalue weighted by molar-refractivity contribution is 0.215. The highest BCUT2D eigenvalue weighted by molar-refractivity contribution is 6.01. The number of aryl methyl sites for hydroxylation is 1. The molecule has 7 heteroatoms. The second-order valence-electron chi connectivity index (χ2n) is 6.02. The number of anilines is 2. The van der Waals surface area contributed by atoms with Crippen LogP contribution >= 0.6 is 0 Å². The van der Waals surface area contributed by atoms with Crippen LogP contribution < -0.4 is 15.7 Å². The van der Waals surface area contributed by atoms with Crippen LogP contribution in [0.3, 0.4) is 0 Å². The molecule has 1 aliphatic carbocycles. The summed E-state index contributed by atoms with van der Waals surface area (Å²) >= 11 is 0. The van der Waals surface area contributed by atoms with Crippen molar-refractivity contribution in [1.82, 2.24) is 10.3 Å². The van der Waals surface area contributed by atoms with E-state index in [4.69, 9.17) is 0 Å². The highest BCUT2D eigenvalue weighted by atomic mass is 16.6. The monoisotopic (exact) mass is 305 g/mol. The van der Waals surface area contributed by atoms with Gasteiger partial charge in [0.15, 0.2) is 0 Å². The Labute approximate surface area is 130 Å². The summed E-state index contributed by atoms with van der Waals surface area (Å²) in [7, 11) is 3.93. The van der Waals surface area contributed by atoms with Gasteiger partial charge in [-0.2, -0.15) is 10.2 Å². The van der Waals surface area contributed by atoms with Crippen molar-refractivity contribution < 1.29 is 10.4 Å². The average Bonchev–Trinajstić information content (AvgIpc) is 2.50. The first-order chi connectivity index (χ1) is 10.6. The van der Waals surface area contributed by atoms with Gasteiger partial charge in [0, 0.05) is 6.54 Å². The highest BCUT2D eigenvalue weighted by Crippen LogP contribution is 2.38. The van der Waals surface area contributed by atoms with Crippen LogP contribution in [0.25, 0.3) is 0 Å². The van der Waals surface area contributed by atoms with Gasteiger partial charge in [-0.05, 0) is 57.0 Å². The number of hydrogen-bond donors (Lipinski definition) is 3. The fourth-order valence-electron chi connectivity index (χ4n) is 2.97. The standard InChI is InChI=1S/C15H23N5O2/c1-18(2)10-9-16-15-17-20(22)14-12-6-4-3-5-11(12)7-8-13(14)19(15)21/h7-8,21-22H,3-6,9-10H2,1-2H3,(H,16,17). The van der Waals surface area contributed by atoms with Crippen LogP contribution in [0.4, 0.5) is 11.4 Å². The van der Waals surface area contributed by atoms with Gasteiger partial charge in [-0.25, -0.2) is 10.4 Å². The van der Waals surface area contributed by atoms with E-state index in [0.29, 0.717) is 17.9 Å². The van der Waals surface area contributed by atoms with E-state index >= 15 is 0 Å². The van der Waals surface area contributed by atoms with Gasteiger partial charge in [0.2, 0.25) is 5.96 Å². The molecule has 3 N–H and O–H groups in total. The first-order valence-corrected chi connectivity index (χ1v) is 7.66. The van der Waals surface area contributed by atoms with Crippen LogP contribution in [0.15, 0.2) is 17.1 Å². The van der Waals surface area contributed by atoms with E-state index in [0.717, 1.165) is 41.6 Å². The molecule has 0 saturated heterocycles. The van der Waals surface area contributed by atoms with Gasteiger partial charge in [0.05, 0.1) is 6.54 Å². The Morgan fingerprint density at radius 3 is 2.77 bits per heavy atom. The Morgan fingerprint density at radius 1 is 1.23 bits per heavy atom. The number of nitrogens with one attached hydrogen (secondary N) is 1. The summed E-state index contributed by atoms with van der Waals surface area (Å²) in [4.78, 5) is 6.31. The average molecular weight is 305 g/mol. The third kappa shape index (κ3) is 2.75. The first-order valence-electron chi connectivity index (χ1n) is 7.66. The SMILES string of the molecule is CN(C)CCN=C1NN(O)c2c(ccc3c2CCCC3)N1O. The van der Waals surface area contributed by atoms with Crippen molar-refractivity contribution in [3.05, 3.63) is 23.3 Å². The van der Waals surface area contributed by atoms with Crippen molar-refractivity contribution in [2.75, 3.05) is 37.4 Å². The lowest BCUT2D eigenvalue weighted by Gasteiger charge is -2.36. The predicted octanol–water partition coefficient (Wildman–Crippen LogP) is 1.39. The maximum atomic E-state index is 10.4. The lowest BCUT2D eigenvalue weighted by atomic mass is 9.89. The molecule has 0 bridgehead atoms. The Hall–Kier alpha value is -1.83. The Balaban J connectivity index is 1.91. The van der Waals surface area contributed by atoms with Gasteiger partial charge in [-0.1, -0.05) is 6.07 Å². The minimum Gasteiger partial charge on any atom is -0.308 e. The van der Waals surface area contributed by atoms with E-state index in [2.05, 4.69) is 10.4 Å². The highest BCUT2D eigenvalue weighted by Gasteiger charge is 2.30. The summed E-state index contributed by atoms with van der Waals surface area (Å²) < 4.78 is 0. The minimum atomic E-state index is 0.229. The smallest absolute Gasteiger partial charge is 0.244 e. The molecule has 1 heterocycles. The zero-order chi connectivity index (χ0) is 15.7. The molecule has 0 radical (unpaired) electrons. The molecule has 22 heavy (non-hydrogen) atoms. The number of nitrogens with zero attached hydrogens (tertiary/aromatic N) is 4. The zero-order valence-electron chi connectivity index (χ0n) is 13.1. The van der Waals surface area contributed by atoms with E-state index in [9.17, 15) is 10.4 Å². The number of fused-ring (bicyclic) bond motifs is 3. The minimum absolute atomic E-state index is 0.229. The van der Waals surface area contributed by atoms with E-state index in [1.165, 1.54) is 12.0 Å². The third-order valence-corrected chi connectivity index (χ3v) is 4.14. The van der Waals surface area contributed by atoms with Crippen LogP contribution in [0.2, 0.25) is 0 Å². The number of guanidine groups is 1. The molecular weight excluding hydrogens is 282 g/mol. The molecule has 1 aromatic carbocycles. The lowest BCUT2D eigenvalue weighted by Crippen LogP contribution is -2.53. The van der Waals surface area contributed by atoms with Crippen molar-refractivity contribution >= 4 is 17.3 Å². The molecule has 0 fully saturated rings. The Morgan fingerprint density at radius 2 is 2.00 bits per heavy atom. The second kappa shape index (κ2) is 6.12. The van der Waals surface area contributed by atoms with Crippen LogP contribution in [0.5, 0.6) is 0 Å². The molecule has 0 amide bonds. The largest absolute Gasteiger partial charge is 0.308 e. The van der Waals surface area contributed by atoms with Crippen molar-refractivity contribution in [2.24, 2.45) is 4.99 Å². The molecule has 120 valence electrons. The summed E-state index contributed by atoms with van der Waals surface area (Å²) in [6, 6.07) is 3.87. The van der Waals surface area contributed by atoms with Crippen molar-refractivity contribution in [1.29, 1.82) is 0 Å². The second-order valence-corrected chi connectivity index (χ2v) is 6.02. The summed E-state index contributed by atoms with van der Waals surface area (Å²) in [6.45, 7) is 1.29. The molecule has 0 saturated carbocycles. The number of hydrazine groups is 1. The Kier molecular flexibility index (Phi) is 4.19. The van der Waals surface area contributed by atoms with Gasteiger partial charge in [-0.3, -0.25) is 10.4 Å². The summed E-state index contributed by atoms with van der Waals surface area (Å²) in [5.74, 6) is 0.229. The quantitative estimate of drug-likeness (QED) is 0.784. The normalized spacial score (nSPS) is 19.2. The van der Waals surface area contributed by atoms with Crippen molar-refractivity contribution in [3.8, 4) is 0 Å². The maximum absolute atomic E-state index is 10.4. The molecule has 0 atom stereocenters. The van der Waals surface area contributed by atoms with Gasteiger partial charge in [-0.15, -0.1) is 0 Å². The van der Waals surface area contributed by atoms with E-state index < -0.39 is 0 Å². The van der Waals surface area contributed by atoms with Crippen molar-refractivity contribution in [3.63, 3.8) is 0 Å². The van der Waals surface area contributed by atoms with Gasteiger partial charge >= 0.3 is 0 Å². The molecule has 0 unspecified atom stereocenters. The molecule has 7 nitrogen and oxygen atoms in total. The zero-order valence-corrected chi connectivity index (χ0v) is 13.1. The predicted molar refractivity (Wildman–Crippen MR) is 85.6 cm³/mol. The molecule has 0 spiro atoms. The number of hydroxylamine groups is 1. The van der Waals surface area contributed by atoms with Crippen LogP contribution in [-0.2, 0) is 12.8 Å². The number of likely N-dealkylation sites (N-methyl/N-ethyl adjacent to an activating group) is 1. The fraction of sp³-hybridized carbons (Fsp3) is 0.533. The molecule has 2 aliphatic rings.